The third kappa shape index (κ3) is 1.91. The van der Waals surface area contributed by atoms with Gasteiger partial charge in [0.25, 0.3) is 0 Å². The van der Waals surface area contributed by atoms with Gasteiger partial charge in [-0.2, -0.15) is 0 Å². The van der Waals surface area contributed by atoms with Gasteiger partial charge in [0.2, 0.25) is 0 Å². The Kier molecular flexibility index (Phi) is 3.15. The Morgan fingerprint density at radius 2 is 2.31 bits per heavy atom. The SMILES string of the molecule is CCC/C=C1/c2cc(OC)ccc2CN1N. The molecule has 0 saturated carbocycles. The van der Waals surface area contributed by atoms with Crippen molar-refractivity contribution in [3.05, 3.63) is 35.4 Å². The molecule has 3 heteroatoms. The fourth-order valence-corrected chi connectivity index (χ4v) is 1.99. The lowest BCUT2D eigenvalue weighted by atomic mass is 10.1. The molecule has 86 valence electrons. The number of nitrogens with two attached hydrogens (primary N) is 1. The number of fused-ring (bicyclic) bond motifs is 1. The van der Waals surface area contributed by atoms with E-state index in [2.05, 4.69) is 25.1 Å². The predicted octanol–water partition coefficient (Wildman–Crippen LogP) is 2.53. The number of benzene rings is 1. The summed E-state index contributed by atoms with van der Waals surface area (Å²) in [4.78, 5) is 0. The molecule has 0 radical (unpaired) electrons. The predicted molar refractivity (Wildman–Crippen MR) is 65.6 cm³/mol. The van der Waals surface area contributed by atoms with Crippen LogP contribution in [0.2, 0.25) is 0 Å². The summed E-state index contributed by atoms with van der Waals surface area (Å²) < 4.78 is 5.24. The molecule has 1 aromatic carbocycles. The lowest BCUT2D eigenvalue weighted by Gasteiger charge is -2.12. The number of ether oxygens (including phenoxy) is 1. The van der Waals surface area contributed by atoms with Crippen LogP contribution in [0.5, 0.6) is 5.75 Å². The number of hydrazine groups is 1. The Hall–Kier alpha value is -1.48. The Balaban J connectivity index is 2.38. The molecule has 1 aliphatic heterocycles. The van der Waals surface area contributed by atoms with Gasteiger partial charge in [-0.3, -0.25) is 0 Å². The van der Waals surface area contributed by atoms with Crippen molar-refractivity contribution in [1.82, 2.24) is 5.01 Å². The zero-order valence-corrected chi connectivity index (χ0v) is 9.86. The average molecular weight is 218 g/mol. The number of unbranched alkanes of at least 4 members (excludes halogenated alkanes) is 1. The first kappa shape index (κ1) is 11.0. The average Bonchev–Trinajstić information content (AvgIpc) is 2.61. The molecule has 16 heavy (non-hydrogen) atoms. The largest absolute Gasteiger partial charge is 0.497 e. The summed E-state index contributed by atoms with van der Waals surface area (Å²) in [6.45, 7) is 2.95. The zero-order valence-electron chi connectivity index (χ0n) is 9.86. The van der Waals surface area contributed by atoms with Gasteiger partial charge in [0.15, 0.2) is 0 Å². The number of methoxy groups -OCH3 is 1. The van der Waals surface area contributed by atoms with E-state index in [1.807, 2.05) is 6.07 Å². The monoisotopic (exact) mass is 218 g/mol. The van der Waals surface area contributed by atoms with E-state index in [9.17, 15) is 0 Å². The van der Waals surface area contributed by atoms with Gasteiger partial charge in [-0.1, -0.05) is 25.5 Å². The normalized spacial score (nSPS) is 16.7. The Morgan fingerprint density at radius 3 is 3.00 bits per heavy atom. The third-order valence-electron chi connectivity index (χ3n) is 2.87. The van der Waals surface area contributed by atoms with Crippen LogP contribution in [-0.2, 0) is 6.54 Å². The van der Waals surface area contributed by atoms with Crippen molar-refractivity contribution in [3.63, 3.8) is 0 Å². The summed E-state index contributed by atoms with van der Waals surface area (Å²) >= 11 is 0. The number of nitrogens with zero attached hydrogens (tertiary/aromatic N) is 1. The molecule has 0 atom stereocenters. The van der Waals surface area contributed by atoms with E-state index in [0.29, 0.717) is 0 Å². The van der Waals surface area contributed by atoms with Crippen LogP contribution in [-0.4, -0.2) is 12.1 Å². The van der Waals surface area contributed by atoms with E-state index in [0.717, 1.165) is 30.8 Å². The quantitative estimate of drug-likeness (QED) is 0.792. The summed E-state index contributed by atoms with van der Waals surface area (Å²) in [6, 6.07) is 6.12. The van der Waals surface area contributed by atoms with Gasteiger partial charge in [-0.25, -0.2) is 5.84 Å². The highest BCUT2D eigenvalue weighted by atomic mass is 16.5. The van der Waals surface area contributed by atoms with E-state index in [-0.39, 0.29) is 0 Å². The minimum absolute atomic E-state index is 0.787. The number of hydrogen-bond acceptors (Lipinski definition) is 3. The molecule has 0 saturated heterocycles. The molecule has 0 aromatic heterocycles. The maximum absolute atomic E-state index is 5.99. The lowest BCUT2D eigenvalue weighted by Crippen LogP contribution is -2.23. The second-order valence-electron chi connectivity index (χ2n) is 4.03. The summed E-state index contributed by atoms with van der Waals surface area (Å²) in [6.07, 6.45) is 4.39. The first-order valence-corrected chi connectivity index (χ1v) is 5.66. The summed E-state index contributed by atoms with van der Waals surface area (Å²) in [5.41, 5.74) is 3.59. The molecule has 3 nitrogen and oxygen atoms in total. The Labute approximate surface area is 96.5 Å². The molecule has 2 rings (SSSR count). The van der Waals surface area contributed by atoms with Gasteiger partial charge >= 0.3 is 0 Å². The minimum atomic E-state index is 0.787. The first-order valence-electron chi connectivity index (χ1n) is 5.66. The molecule has 2 N–H and O–H groups in total. The molecule has 1 aromatic rings. The molecule has 1 heterocycles. The standard InChI is InChI=1S/C13H18N2O/c1-3-4-5-13-12-8-11(16-2)7-6-10(12)9-15(13)14/h5-8H,3-4,9,14H2,1-2H3/b13-5-. The molecule has 0 amide bonds. The second-order valence-corrected chi connectivity index (χ2v) is 4.03. The third-order valence-corrected chi connectivity index (χ3v) is 2.87. The fourth-order valence-electron chi connectivity index (χ4n) is 1.99. The summed E-state index contributed by atoms with van der Waals surface area (Å²) in [7, 11) is 1.69. The smallest absolute Gasteiger partial charge is 0.119 e. The van der Waals surface area contributed by atoms with Crippen LogP contribution in [0.25, 0.3) is 5.70 Å². The molecular formula is C13H18N2O. The van der Waals surface area contributed by atoms with E-state index in [4.69, 9.17) is 10.6 Å². The van der Waals surface area contributed by atoms with E-state index in [1.54, 1.807) is 12.1 Å². The van der Waals surface area contributed by atoms with Crippen LogP contribution in [0.4, 0.5) is 0 Å². The molecule has 0 bridgehead atoms. The van der Waals surface area contributed by atoms with Gasteiger partial charge in [0.05, 0.1) is 19.4 Å². The van der Waals surface area contributed by atoms with Gasteiger partial charge in [0.1, 0.15) is 5.75 Å². The van der Waals surface area contributed by atoms with E-state index in [1.165, 1.54) is 11.1 Å². The highest BCUT2D eigenvalue weighted by Crippen LogP contribution is 2.33. The Morgan fingerprint density at radius 1 is 1.50 bits per heavy atom. The molecule has 1 aliphatic rings. The molecule has 0 unspecified atom stereocenters. The first-order chi connectivity index (χ1) is 7.76. The maximum atomic E-state index is 5.99. The van der Waals surface area contributed by atoms with Crippen LogP contribution in [0.3, 0.4) is 0 Å². The second kappa shape index (κ2) is 4.58. The van der Waals surface area contributed by atoms with Crippen molar-refractivity contribution < 1.29 is 4.74 Å². The van der Waals surface area contributed by atoms with Crippen molar-refractivity contribution in [2.24, 2.45) is 5.84 Å². The Bertz CT molecular complexity index is 412. The fraction of sp³-hybridized carbons (Fsp3) is 0.385. The molecule has 0 fully saturated rings. The van der Waals surface area contributed by atoms with Crippen LogP contribution in [0, 0.1) is 0 Å². The van der Waals surface area contributed by atoms with Gasteiger partial charge < -0.3 is 9.75 Å². The molecular weight excluding hydrogens is 200 g/mol. The topological polar surface area (TPSA) is 38.5 Å². The van der Waals surface area contributed by atoms with Gasteiger partial charge in [-0.15, -0.1) is 0 Å². The highest BCUT2D eigenvalue weighted by Gasteiger charge is 2.21. The highest BCUT2D eigenvalue weighted by molar-refractivity contribution is 5.71. The summed E-state index contributed by atoms with van der Waals surface area (Å²) in [5, 5.41) is 1.81. The van der Waals surface area contributed by atoms with Crippen molar-refractivity contribution in [2.75, 3.05) is 7.11 Å². The molecule has 0 spiro atoms. The van der Waals surface area contributed by atoms with Crippen LogP contribution >= 0.6 is 0 Å². The van der Waals surface area contributed by atoms with Gasteiger partial charge in [0, 0.05) is 5.56 Å². The van der Waals surface area contributed by atoms with E-state index >= 15 is 0 Å². The van der Waals surface area contributed by atoms with Crippen LogP contribution in [0.15, 0.2) is 24.3 Å². The van der Waals surface area contributed by atoms with Crippen LogP contribution in [0.1, 0.15) is 30.9 Å². The lowest BCUT2D eigenvalue weighted by molar-refractivity contribution is 0.414. The number of rotatable bonds is 3. The van der Waals surface area contributed by atoms with E-state index < -0.39 is 0 Å². The van der Waals surface area contributed by atoms with Crippen molar-refractivity contribution in [3.8, 4) is 5.75 Å². The zero-order chi connectivity index (χ0) is 11.5. The van der Waals surface area contributed by atoms with Crippen molar-refractivity contribution in [2.45, 2.75) is 26.3 Å². The number of allylic oxidation sites excluding steroid dienone is 1. The van der Waals surface area contributed by atoms with Gasteiger partial charge in [-0.05, 0) is 24.1 Å². The minimum Gasteiger partial charge on any atom is -0.497 e. The summed E-state index contributed by atoms with van der Waals surface area (Å²) in [5.74, 6) is 6.87. The number of hydrogen-bond donors (Lipinski definition) is 1. The molecule has 0 aliphatic carbocycles. The maximum Gasteiger partial charge on any atom is 0.119 e. The van der Waals surface area contributed by atoms with Crippen molar-refractivity contribution in [1.29, 1.82) is 0 Å². The van der Waals surface area contributed by atoms with Crippen molar-refractivity contribution >= 4 is 5.70 Å². The van der Waals surface area contributed by atoms with Crippen LogP contribution < -0.4 is 10.6 Å².